The summed E-state index contributed by atoms with van der Waals surface area (Å²) in [6, 6.07) is 0. The van der Waals surface area contributed by atoms with Gasteiger partial charge in [-0.3, -0.25) is 0 Å². The predicted molar refractivity (Wildman–Crippen MR) is 156 cm³/mol. The van der Waals surface area contributed by atoms with Crippen LogP contribution >= 0.6 is 25.3 Å². The fourth-order valence-electron chi connectivity index (χ4n) is 4.14. The van der Waals surface area contributed by atoms with Gasteiger partial charge in [0, 0.05) is 13.1 Å². The van der Waals surface area contributed by atoms with Crippen LogP contribution in [0.15, 0.2) is 10.3 Å². The van der Waals surface area contributed by atoms with Crippen LogP contribution in [0.5, 0.6) is 0 Å². The zero-order valence-corrected chi connectivity index (χ0v) is 25.1. The van der Waals surface area contributed by atoms with Gasteiger partial charge in [0.2, 0.25) is 5.95 Å². The van der Waals surface area contributed by atoms with Crippen molar-refractivity contribution in [1.29, 1.82) is 0 Å². The Balaban J connectivity index is 0.000000641. The first kappa shape index (κ1) is 33.5. The fourth-order valence-corrected chi connectivity index (χ4v) is 4.59. The van der Waals surface area contributed by atoms with Crippen LogP contribution in [-0.4, -0.2) is 58.7 Å². The second-order valence-corrected chi connectivity index (χ2v) is 10.4. The summed E-state index contributed by atoms with van der Waals surface area (Å²) >= 11 is 8.33. The van der Waals surface area contributed by atoms with Gasteiger partial charge < -0.3 is 9.38 Å². The predicted octanol–water partition coefficient (Wildman–Crippen LogP) is 7.86. The van der Waals surface area contributed by atoms with Gasteiger partial charge in [-0.15, -0.1) is 25.3 Å². The first-order chi connectivity index (χ1) is 16.4. The molecule has 34 heavy (non-hydrogen) atoms. The molecule has 0 radical (unpaired) electrons. The first-order valence-corrected chi connectivity index (χ1v) is 15.0. The van der Waals surface area contributed by atoms with Crippen molar-refractivity contribution in [2.24, 2.45) is 0 Å². The van der Waals surface area contributed by atoms with Crippen molar-refractivity contribution >= 4 is 31.2 Å². The molecular weight excluding hydrogens is 458 g/mol. The molecule has 5 nitrogen and oxygen atoms in total. The molecule has 1 heterocycles. The summed E-state index contributed by atoms with van der Waals surface area (Å²) < 4.78 is 1.42. The molecule has 0 saturated heterocycles. The molecule has 0 aliphatic heterocycles. The third-order valence-corrected chi connectivity index (χ3v) is 6.79. The number of aromatic nitrogens is 3. The van der Waals surface area contributed by atoms with E-state index in [1.807, 2.05) is 0 Å². The maximum atomic E-state index is 4.26. The average Bonchev–Trinajstić information content (AvgIpc) is 2.83. The number of hydrogen-bond donors (Lipinski definition) is 2. The SMILES string of the molecule is CCCCN(CCCC)c1nc(S)nc(S)n1.CCCC[N+](CCCC)(CCCC)CCCC. The third kappa shape index (κ3) is 15.5. The van der Waals surface area contributed by atoms with Gasteiger partial charge in [0.15, 0.2) is 10.3 Å². The van der Waals surface area contributed by atoms with E-state index in [0.717, 1.165) is 38.8 Å². The highest BCUT2D eigenvalue weighted by atomic mass is 32.1. The molecule has 0 amide bonds. The lowest BCUT2D eigenvalue weighted by Gasteiger charge is -2.39. The standard InChI is InChI=1S/C16H36N.C11H20N4S2/c1-5-9-13-17(14-10-6-2,15-11-7-3)16-12-8-4;1-3-5-7-15(8-6-4-2)9-12-10(16)14-11(17)13-9/h5-16H2,1-4H3;3-8H2,1-2H3,(H2,12,13,14,16,17)/q+1;. The van der Waals surface area contributed by atoms with Gasteiger partial charge in [-0.2, -0.15) is 15.0 Å². The van der Waals surface area contributed by atoms with E-state index in [4.69, 9.17) is 0 Å². The van der Waals surface area contributed by atoms with E-state index in [1.165, 1.54) is 82.0 Å². The average molecular weight is 515 g/mol. The lowest BCUT2D eigenvalue weighted by molar-refractivity contribution is -0.929. The Labute approximate surface area is 223 Å². The normalized spacial score (nSPS) is 11.3. The first-order valence-electron chi connectivity index (χ1n) is 14.2. The number of anilines is 1. The molecule has 1 rings (SSSR count). The molecule has 0 N–H and O–H groups in total. The summed E-state index contributed by atoms with van der Waals surface area (Å²) in [5.74, 6) is 0.692. The van der Waals surface area contributed by atoms with Crippen LogP contribution in [0.1, 0.15) is 119 Å². The number of hydrogen-bond acceptors (Lipinski definition) is 6. The molecular formula is C27H56N5S2+. The van der Waals surface area contributed by atoms with Crippen molar-refractivity contribution in [3.8, 4) is 0 Å². The Bertz CT molecular complexity index is 535. The molecule has 0 aliphatic rings. The van der Waals surface area contributed by atoms with Gasteiger partial charge in [0.1, 0.15) is 0 Å². The zero-order chi connectivity index (χ0) is 25.7. The largest absolute Gasteiger partial charge is 0.341 e. The summed E-state index contributed by atoms with van der Waals surface area (Å²) in [6.07, 6.45) is 15.7. The van der Waals surface area contributed by atoms with Gasteiger partial charge in [-0.1, -0.05) is 80.1 Å². The highest BCUT2D eigenvalue weighted by Crippen LogP contribution is 2.17. The Morgan fingerprint density at radius 3 is 1.15 bits per heavy atom. The van der Waals surface area contributed by atoms with Crippen LogP contribution in [0.4, 0.5) is 5.95 Å². The summed E-state index contributed by atoms with van der Waals surface area (Å²) in [4.78, 5) is 14.7. The number of quaternary nitrogens is 1. The molecule has 0 aromatic carbocycles. The highest BCUT2D eigenvalue weighted by molar-refractivity contribution is 7.80. The van der Waals surface area contributed by atoms with Gasteiger partial charge in [0.25, 0.3) is 0 Å². The van der Waals surface area contributed by atoms with E-state index in [2.05, 4.69) is 86.7 Å². The van der Waals surface area contributed by atoms with Crippen LogP contribution < -0.4 is 4.90 Å². The van der Waals surface area contributed by atoms with E-state index >= 15 is 0 Å². The summed E-state index contributed by atoms with van der Waals surface area (Å²) in [6.45, 7) is 21.3. The molecule has 0 aliphatic carbocycles. The van der Waals surface area contributed by atoms with Gasteiger partial charge in [-0.05, 0) is 38.5 Å². The van der Waals surface area contributed by atoms with Crippen LogP contribution in [0.3, 0.4) is 0 Å². The number of rotatable bonds is 19. The molecule has 0 fully saturated rings. The second kappa shape index (κ2) is 21.7. The molecule has 0 atom stereocenters. The Hall–Kier alpha value is -0.530. The van der Waals surface area contributed by atoms with Crippen molar-refractivity contribution in [3.63, 3.8) is 0 Å². The van der Waals surface area contributed by atoms with E-state index in [1.54, 1.807) is 0 Å². The minimum atomic E-state index is 0.429. The maximum absolute atomic E-state index is 4.26. The van der Waals surface area contributed by atoms with E-state index < -0.39 is 0 Å². The lowest BCUT2D eigenvalue weighted by Crippen LogP contribution is -2.50. The molecule has 1 aromatic rings. The molecule has 0 bridgehead atoms. The van der Waals surface area contributed by atoms with E-state index in [0.29, 0.717) is 16.3 Å². The molecule has 7 heteroatoms. The zero-order valence-electron chi connectivity index (χ0n) is 23.4. The minimum absolute atomic E-state index is 0.429. The minimum Gasteiger partial charge on any atom is -0.341 e. The fraction of sp³-hybridized carbons (Fsp3) is 0.889. The van der Waals surface area contributed by atoms with Crippen LogP contribution in [-0.2, 0) is 0 Å². The number of unbranched alkanes of at least 4 members (excludes halogenated alkanes) is 6. The molecule has 1 aromatic heterocycles. The van der Waals surface area contributed by atoms with Gasteiger partial charge in [0.05, 0.1) is 26.2 Å². The van der Waals surface area contributed by atoms with Crippen molar-refractivity contribution < 1.29 is 4.48 Å². The Morgan fingerprint density at radius 1 is 0.529 bits per heavy atom. The van der Waals surface area contributed by atoms with Crippen LogP contribution in [0.25, 0.3) is 0 Å². The topological polar surface area (TPSA) is 41.9 Å². The van der Waals surface area contributed by atoms with Gasteiger partial charge >= 0.3 is 0 Å². The summed E-state index contributed by atoms with van der Waals surface area (Å²) in [5, 5.41) is 0.857. The lowest BCUT2D eigenvalue weighted by atomic mass is 10.1. The number of nitrogens with zero attached hydrogens (tertiary/aromatic N) is 5. The van der Waals surface area contributed by atoms with Crippen molar-refractivity contribution in [2.45, 2.75) is 129 Å². The summed E-state index contributed by atoms with van der Waals surface area (Å²) in [5.41, 5.74) is 0. The van der Waals surface area contributed by atoms with Crippen molar-refractivity contribution in [1.82, 2.24) is 15.0 Å². The molecule has 0 unspecified atom stereocenters. The van der Waals surface area contributed by atoms with Gasteiger partial charge in [-0.25, -0.2) is 0 Å². The summed E-state index contributed by atoms with van der Waals surface area (Å²) in [7, 11) is 0. The Morgan fingerprint density at radius 2 is 0.853 bits per heavy atom. The molecule has 0 spiro atoms. The Kier molecular flexibility index (Phi) is 21.4. The van der Waals surface area contributed by atoms with E-state index in [9.17, 15) is 0 Å². The monoisotopic (exact) mass is 514 g/mol. The van der Waals surface area contributed by atoms with Crippen molar-refractivity contribution in [3.05, 3.63) is 0 Å². The maximum Gasteiger partial charge on any atom is 0.230 e. The van der Waals surface area contributed by atoms with Crippen LogP contribution in [0, 0.1) is 0 Å². The van der Waals surface area contributed by atoms with Crippen molar-refractivity contribution in [2.75, 3.05) is 44.2 Å². The smallest absolute Gasteiger partial charge is 0.230 e. The number of thiol groups is 2. The molecule has 0 saturated carbocycles. The van der Waals surface area contributed by atoms with Crippen LogP contribution in [0.2, 0.25) is 0 Å². The van der Waals surface area contributed by atoms with E-state index in [-0.39, 0.29) is 0 Å². The third-order valence-electron chi connectivity index (χ3n) is 6.39. The quantitative estimate of drug-likeness (QED) is 0.146. The highest BCUT2D eigenvalue weighted by Gasteiger charge is 2.24. The second-order valence-electron chi connectivity index (χ2n) is 9.58. The molecule has 200 valence electrons.